The summed E-state index contributed by atoms with van der Waals surface area (Å²) in [6, 6.07) is 7.08. The SMILES string of the molecule is CCCNC(=O)c1cc(N2CCN(C(=O)c3ccco3)CC2)ccn1. The monoisotopic (exact) mass is 342 g/mol. The number of furan rings is 1. The molecule has 132 valence electrons. The van der Waals surface area contributed by atoms with Crippen molar-refractivity contribution in [3.63, 3.8) is 0 Å². The maximum absolute atomic E-state index is 12.3. The first-order valence-electron chi connectivity index (χ1n) is 8.51. The van der Waals surface area contributed by atoms with Crippen LogP contribution < -0.4 is 10.2 Å². The van der Waals surface area contributed by atoms with Gasteiger partial charge >= 0.3 is 0 Å². The largest absolute Gasteiger partial charge is 0.459 e. The van der Waals surface area contributed by atoms with Gasteiger partial charge in [0.25, 0.3) is 11.8 Å². The number of amides is 2. The Kier molecular flexibility index (Phi) is 5.33. The number of hydrogen-bond acceptors (Lipinski definition) is 5. The van der Waals surface area contributed by atoms with Crippen LogP contribution in [0.1, 0.15) is 34.4 Å². The molecule has 1 aliphatic rings. The molecule has 0 aliphatic carbocycles. The minimum Gasteiger partial charge on any atom is -0.459 e. The van der Waals surface area contributed by atoms with Crippen LogP contribution in [-0.2, 0) is 0 Å². The molecule has 7 nitrogen and oxygen atoms in total. The van der Waals surface area contributed by atoms with Crippen LogP contribution in [0.4, 0.5) is 5.69 Å². The molecule has 0 spiro atoms. The second-order valence-corrected chi connectivity index (χ2v) is 5.91. The van der Waals surface area contributed by atoms with Gasteiger partial charge in [-0.05, 0) is 30.7 Å². The van der Waals surface area contributed by atoms with Crippen LogP contribution in [0.5, 0.6) is 0 Å². The third-order valence-electron chi connectivity index (χ3n) is 4.18. The molecular formula is C18H22N4O3. The third-order valence-corrected chi connectivity index (χ3v) is 4.18. The van der Waals surface area contributed by atoms with Gasteiger partial charge < -0.3 is 19.5 Å². The molecule has 0 unspecified atom stereocenters. The number of carbonyl (C=O) groups is 2. The number of pyridine rings is 1. The van der Waals surface area contributed by atoms with Gasteiger partial charge in [-0.3, -0.25) is 14.6 Å². The predicted molar refractivity (Wildman–Crippen MR) is 93.7 cm³/mol. The molecule has 2 aromatic heterocycles. The number of carbonyl (C=O) groups excluding carboxylic acids is 2. The molecule has 2 amide bonds. The first-order chi connectivity index (χ1) is 12.2. The zero-order valence-corrected chi connectivity index (χ0v) is 14.3. The average molecular weight is 342 g/mol. The molecule has 3 rings (SSSR count). The minimum absolute atomic E-state index is 0.0842. The summed E-state index contributed by atoms with van der Waals surface area (Å²) in [5.41, 5.74) is 1.36. The Balaban J connectivity index is 1.61. The van der Waals surface area contributed by atoms with Crippen LogP contribution in [0, 0.1) is 0 Å². The van der Waals surface area contributed by atoms with Crippen LogP contribution in [0.3, 0.4) is 0 Å². The molecular weight excluding hydrogens is 320 g/mol. The lowest BCUT2D eigenvalue weighted by Gasteiger charge is -2.35. The average Bonchev–Trinajstić information content (AvgIpc) is 3.20. The van der Waals surface area contributed by atoms with Crippen LogP contribution in [0.2, 0.25) is 0 Å². The Labute approximate surface area is 146 Å². The molecule has 1 fully saturated rings. The molecule has 0 aromatic carbocycles. The molecule has 0 saturated carbocycles. The van der Waals surface area contributed by atoms with Crippen molar-refractivity contribution in [3.8, 4) is 0 Å². The fraction of sp³-hybridized carbons (Fsp3) is 0.389. The highest BCUT2D eigenvalue weighted by Gasteiger charge is 2.24. The van der Waals surface area contributed by atoms with E-state index in [-0.39, 0.29) is 11.8 Å². The van der Waals surface area contributed by atoms with Crippen molar-refractivity contribution in [1.29, 1.82) is 0 Å². The van der Waals surface area contributed by atoms with Gasteiger partial charge in [-0.1, -0.05) is 6.92 Å². The van der Waals surface area contributed by atoms with Gasteiger partial charge in [-0.15, -0.1) is 0 Å². The summed E-state index contributed by atoms with van der Waals surface area (Å²) in [6.07, 6.45) is 4.04. The Morgan fingerprint density at radius 3 is 2.72 bits per heavy atom. The van der Waals surface area contributed by atoms with E-state index in [4.69, 9.17) is 4.42 Å². The zero-order chi connectivity index (χ0) is 17.6. The van der Waals surface area contributed by atoms with Gasteiger partial charge in [0, 0.05) is 44.6 Å². The normalized spacial score (nSPS) is 14.4. The summed E-state index contributed by atoms with van der Waals surface area (Å²) < 4.78 is 5.18. The van der Waals surface area contributed by atoms with Gasteiger partial charge in [0.2, 0.25) is 0 Å². The topological polar surface area (TPSA) is 78.7 Å². The molecule has 3 heterocycles. The molecule has 0 radical (unpaired) electrons. The van der Waals surface area contributed by atoms with Gasteiger partial charge in [0.15, 0.2) is 5.76 Å². The van der Waals surface area contributed by atoms with E-state index in [1.807, 2.05) is 13.0 Å². The summed E-state index contributed by atoms with van der Waals surface area (Å²) in [5, 5.41) is 2.83. The summed E-state index contributed by atoms with van der Waals surface area (Å²) in [4.78, 5) is 32.4. The van der Waals surface area contributed by atoms with Crippen LogP contribution in [-0.4, -0.2) is 54.4 Å². The number of piperazine rings is 1. The van der Waals surface area contributed by atoms with Crippen LogP contribution >= 0.6 is 0 Å². The number of nitrogens with one attached hydrogen (secondary N) is 1. The maximum Gasteiger partial charge on any atom is 0.289 e. The van der Waals surface area contributed by atoms with E-state index in [9.17, 15) is 9.59 Å². The molecule has 7 heteroatoms. The van der Waals surface area contributed by atoms with Crippen molar-refractivity contribution >= 4 is 17.5 Å². The van der Waals surface area contributed by atoms with Crippen molar-refractivity contribution in [1.82, 2.24) is 15.2 Å². The summed E-state index contributed by atoms with van der Waals surface area (Å²) >= 11 is 0. The molecule has 1 saturated heterocycles. The highest BCUT2D eigenvalue weighted by atomic mass is 16.3. The van der Waals surface area contributed by atoms with Crippen molar-refractivity contribution < 1.29 is 14.0 Å². The first-order valence-corrected chi connectivity index (χ1v) is 8.51. The molecule has 1 N–H and O–H groups in total. The van der Waals surface area contributed by atoms with E-state index in [1.54, 1.807) is 29.3 Å². The number of aromatic nitrogens is 1. The van der Waals surface area contributed by atoms with E-state index < -0.39 is 0 Å². The van der Waals surface area contributed by atoms with E-state index >= 15 is 0 Å². The van der Waals surface area contributed by atoms with Crippen molar-refractivity contribution in [2.45, 2.75) is 13.3 Å². The molecule has 1 aliphatic heterocycles. The summed E-state index contributed by atoms with van der Waals surface area (Å²) in [7, 11) is 0. The molecule has 25 heavy (non-hydrogen) atoms. The highest BCUT2D eigenvalue weighted by molar-refractivity contribution is 5.93. The van der Waals surface area contributed by atoms with Crippen molar-refractivity contribution in [3.05, 3.63) is 48.2 Å². The summed E-state index contributed by atoms with van der Waals surface area (Å²) in [6.45, 7) is 5.27. The van der Waals surface area contributed by atoms with Crippen molar-refractivity contribution in [2.75, 3.05) is 37.6 Å². The van der Waals surface area contributed by atoms with Crippen LogP contribution in [0.25, 0.3) is 0 Å². The van der Waals surface area contributed by atoms with E-state index in [0.717, 1.165) is 12.1 Å². The Morgan fingerprint density at radius 2 is 2.04 bits per heavy atom. The van der Waals surface area contributed by atoms with E-state index in [1.165, 1.54) is 6.26 Å². The molecule has 0 bridgehead atoms. The van der Waals surface area contributed by atoms with Gasteiger partial charge in [-0.2, -0.15) is 0 Å². The Hall–Kier alpha value is -2.83. The van der Waals surface area contributed by atoms with Gasteiger partial charge in [-0.25, -0.2) is 0 Å². The second kappa shape index (κ2) is 7.83. The quantitative estimate of drug-likeness (QED) is 0.896. The fourth-order valence-electron chi connectivity index (χ4n) is 2.79. The number of hydrogen-bond donors (Lipinski definition) is 1. The summed E-state index contributed by atoms with van der Waals surface area (Å²) in [5.74, 6) is 0.126. The highest BCUT2D eigenvalue weighted by Crippen LogP contribution is 2.18. The fourth-order valence-corrected chi connectivity index (χ4v) is 2.79. The third kappa shape index (κ3) is 3.99. The smallest absolute Gasteiger partial charge is 0.289 e. The lowest BCUT2D eigenvalue weighted by molar-refractivity contribution is 0.0714. The Morgan fingerprint density at radius 1 is 1.24 bits per heavy atom. The number of rotatable bonds is 5. The van der Waals surface area contributed by atoms with E-state index in [0.29, 0.717) is 44.2 Å². The van der Waals surface area contributed by atoms with E-state index in [2.05, 4.69) is 15.2 Å². The van der Waals surface area contributed by atoms with Gasteiger partial charge in [0.05, 0.1) is 6.26 Å². The number of nitrogens with zero attached hydrogens (tertiary/aromatic N) is 3. The standard InChI is InChI=1S/C18H22N4O3/c1-2-6-20-17(23)15-13-14(5-7-19-15)21-8-10-22(11-9-21)18(24)16-4-3-12-25-16/h3-5,7,12-13H,2,6,8-11H2,1H3,(H,20,23). The lowest BCUT2D eigenvalue weighted by atomic mass is 10.2. The molecule has 2 aromatic rings. The lowest BCUT2D eigenvalue weighted by Crippen LogP contribution is -2.48. The Bertz CT molecular complexity index is 722. The van der Waals surface area contributed by atoms with Crippen molar-refractivity contribution in [2.24, 2.45) is 0 Å². The predicted octanol–water partition coefficient (Wildman–Crippen LogP) is 1.78. The molecule has 0 atom stereocenters. The van der Waals surface area contributed by atoms with Crippen LogP contribution in [0.15, 0.2) is 41.1 Å². The van der Waals surface area contributed by atoms with Gasteiger partial charge in [0.1, 0.15) is 5.69 Å². The second-order valence-electron chi connectivity index (χ2n) is 5.91. The number of anilines is 1. The minimum atomic E-state index is -0.157. The maximum atomic E-state index is 12.3. The first kappa shape index (κ1) is 17.0. The zero-order valence-electron chi connectivity index (χ0n) is 14.3.